The number of hydrogen-bond acceptors (Lipinski definition) is 6. The number of nitrogen functional groups attached to an aromatic ring is 1. The largest absolute Gasteiger partial charge is 0.368 e. The fourth-order valence-electron chi connectivity index (χ4n) is 1.18. The number of H-pyrrole nitrogens is 1. The molecule has 0 saturated heterocycles. The third kappa shape index (κ3) is 5.60. The van der Waals surface area contributed by atoms with E-state index in [0.29, 0.717) is 11.7 Å². The Balaban J connectivity index is 2.30. The molecule has 0 aliphatic heterocycles. The summed E-state index contributed by atoms with van der Waals surface area (Å²) in [6, 6.07) is 0. The predicted molar refractivity (Wildman–Crippen MR) is 72.5 cm³/mol. The van der Waals surface area contributed by atoms with Crippen molar-refractivity contribution in [2.75, 3.05) is 31.6 Å². The fraction of sp³-hybridized carbons (Fsp3) is 0.600. The van der Waals surface area contributed by atoms with E-state index in [0.717, 1.165) is 6.42 Å². The van der Waals surface area contributed by atoms with Gasteiger partial charge in [-0.3, -0.25) is 9.59 Å². The second kappa shape index (κ2) is 7.62. The minimum atomic E-state index is -0.167. The summed E-state index contributed by atoms with van der Waals surface area (Å²) in [5, 5.41) is 9.41. The highest BCUT2D eigenvalue weighted by atomic mass is 32.2. The van der Waals surface area contributed by atoms with Crippen LogP contribution in [0.3, 0.4) is 0 Å². The van der Waals surface area contributed by atoms with Crippen LogP contribution in [0.25, 0.3) is 0 Å². The summed E-state index contributed by atoms with van der Waals surface area (Å²) < 4.78 is 0. The zero-order valence-electron chi connectivity index (χ0n) is 11.0. The first kappa shape index (κ1) is 15.3. The number of hydrogen-bond donors (Lipinski definition) is 3. The monoisotopic (exact) mass is 286 g/mol. The highest BCUT2D eigenvalue weighted by Gasteiger charge is 2.14. The van der Waals surface area contributed by atoms with Gasteiger partial charge in [-0.1, -0.05) is 18.7 Å². The van der Waals surface area contributed by atoms with E-state index in [1.165, 1.54) is 16.7 Å². The molecule has 1 aromatic heterocycles. The van der Waals surface area contributed by atoms with Crippen molar-refractivity contribution in [1.29, 1.82) is 0 Å². The number of thioether (sulfide) groups is 1. The average molecular weight is 286 g/mol. The molecule has 0 aliphatic carbocycles. The van der Waals surface area contributed by atoms with Crippen LogP contribution in [-0.4, -0.2) is 57.8 Å². The van der Waals surface area contributed by atoms with E-state index in [2.05, 4.69) is 20.5 Å². The van der Waals surface area contributed by atoms with Gasteiger partial charge >= 0.3 is 0 Å². The van der Waals surface area contributed by atoms with Crippen LogP contribution in [-0.2, 0) is 9.59 Å². The molecule has 0 saturated carbocycles. The van der Waals surface area contributed by atoms with Gasteiger partial charge in [-0.15, -0.1) is 5.10 Å². The number of carbonyl (C=O) groups is 2. The minimum Gasteiger partial charge on any atom is -0.368 e. The molecule has 0 radical (unpaired) electrons. The molecule has 1 aromatic rings. The molecule has 0 bridgehead atoms. The molecule has 2 amide bonds. The molecule has 0 aliphatic rings. The van der Waals surface area contributed by atoms with E-state index < -0.39 is 0 Å². The number of amides is 2. The number of anilines is 1. The standard InChI is InChI=1S/C10H18N6O2S/c1-3-4-12-7(17)5-16(2)8(18)6-19-10-13-9(11)14-15-10/h3-6H2,1-2H3,(H,12,17)(H3,11,13,14,15). The first-order valence-electron chi connectivity index (χ1n) is 5.84. The quantitative estimate of drug-likeness (QED) is 0.580. The lowest BCUT2D eigenvalue weighted by Crippen LogP contribution is -2.39. The van der Waals surface area contributed by atoms with Crippen LogP contribution < -0.4 is 11.1 Å². The van der Waals surface area contributed by atoms with E-state index in [1.807, 2.05) is 6.92 Å². The van der Waals surface area contributed by atoms with E-state index in [1.54, 1.807) is 7.05 Å². The van der Waals surface area contributed by atoms with Crippen molar-refractivity contribution in [3.63, 3.8) is 0 Å². The molecule has 1 heterocycles. The number of nitrogens with zero attached hydrogens (tertiary/aromatic N) is 3. The van der Waals surface area contributed by atoms with E-state index in [9.17, 15) is 9.59 Å². The summed E-state index contributed by atoms with van der Waals surface area (Å²) in [6.07, 6.45) is 0.867. The Hall–Kier alpha value is -1.77. The Labute approximate surface area is 115 Å². The molecule has 0 unspecified atom stereocenters. The van der Waals surface area contributed by atoms with Crippen LogP contribution >= 0.6 is 11.8 Å². The second-order valence-corrected chi connectivity index (χ2v) is 4.83. The summed E-state index contributed by atoms with van der Waals surface area (Å²) in [6.45, 7) is 2.63. The second-order valence-electron chi connectivity index (χ2n) is 3.89. The summed E-state index contributed by atoms with van der Waals surface area (Å²) in [5.74, 6) is 0.0431. The number of rotatable bonds is 7. The van der Waals surface area contributed by atoms with Gasteiger partial charge in [0, 0.05) is 13.6 Å². The Morgan fingerprint density at radius 3 is 2.84 bits per heavy atom. The number of likely N-dealkylation sites (N-methyl/N-ethyl adjacent to an activating group) is 1. The molecule has 19 heavy (non-hydrogen) atoms. The van der Waals surface area contributed by atoms with Crippen molar-refractivity contribution in [3.8, 4) is 0 Å². The zero-order valence-corrected chi connectivity index (χ0v) is 11.8. The molecule has 0 atom stereocenters. The number of nitrogens with two attached hydrogens (primary N) is 1. The Morgan fingerprint density at radius 1 is 1.53 bits per heavy atom. The summed E-state index contributed by atoms with van der Waals surface area (Å²) in [7, 11) is 1.58. The van der Waals surface area contributed by atoms with Crippen LogP contribution in [0.1, 0.15) is 13.3 Å². The van der Waals surface area contributed by atoms with E-state index in [4.69, 9.17) is 5.73 Å². The van der Waals surface area contributed by atoms with Crippen LogP contribution in [0.5, 0.6) is 0 Å². The lowest BCUT2D eigenvalue weighted by atomic mass is 10.4. The van der Waals surface area contributed by atoms with Gasteiger partial charge in [0.25, 0.3) is 0 Å². The van der Waals surface area contributed by atoms with Crippen molar-refractivity contribution in [2.24, 2.45) is 0 Å². The van der Waals surface area contributed by atoms with Gasteiger partial charge in [-0.2, -0.15) is 4.98 Å². The zero-order chi connectivity index (χ0) is 14.3. The third-order valence-electron chi connectivity index (χ3n) is 2.19. The highest BCUT2D eigenvalue weighted by Crippen LogP contribution is 2.12. The molecule has 106 valence electrons. The van der Waals surface area contributed by atoms with Gasteiger partial charge in [-0.05, 0) is 6.42 Å². The van der Waals surface area contributed by atoms with Crippen LogP contribution in [0, 0.1) is 0 Å². The van der Waals surface area contributed by atoms with Gasteiger partial charge in [-0.25, -0.2) is 5.10 Å². The number of aromatic amines is 1. The van der Waals surface area contributed by atoms with Gasteiger partial charge in [0.1, 0.15) is 0 Å². The van der Waals surface area contributed by atoms with Crippen molar-refractivity contribution in [2.45, 2.75) is 18.5 Å². The number of aromatic nitrogens is 3. The van der Waals surface area contributed by atoms with Crippen LogP contribution in [0.4, 0.5) is 5.95 Å². The maximum absolute atomic E-state index is 11.8. The summed E-state index contributed by atoms with van der Waals surface area (Å²) >= 11 is 1.17. The molecular formula is C10H18N6O2S. The highest BCUT2D eigenvalue weighted by molar-refractivity contribution is 7.99. The molecule has 9 heteroatoms. The van der Waals surface area contributed by atoms with Gasteiger partial charge in [0.05, 0.1) is 12.3 Å². The molecule has 1 rings (SSSR count). The molecule has 8 nitrogen and oxygen atoms in total. The average Bonchev–Trinajstić information content (AvgIpc) is 2.79. The van der Waals surface area contributed by atoms with Gasteiger partial charge < -0.3 is 16.0 Å². The number of carbonyl (C=O) groups excluding carboxylic acids is 2. The van der Waals surface area contributed by atoms with Crippen molar-refractivity contribution in [1.82, 2.24) is 25.4 Å². The van der Waals surface area contributed by atoms with Gasteiger partial charge in [0.15, 0.2) is 0 Å². The Morgan fingerprint density at radius 2 is 2.26 bits per heavy atom. The first-order valence-corrected chi connectivity index (χ1v) is 6.82. The molecule has 0 aromatic carbocycles. The van der Waals surface area contributed by atoms with E-state index in [-0.39, 0.29) is 30.1 Å². The Kier molecular flexibility index (Phi) is 6.13. The molecule has 4 N–H and O–H groups in total. The van der Waals surface area contributed by atoms with E-state index >= 15 is 0 Å². The molecule has 0 fully saturated rings. The maximum atomic E-state index is 11.8. The van der Waals surface area contributed by atoms with Crippen LogP contribution in [0.15, 0.2) is 5.16 Å². The normalized spacial score (nSPS) is 10.2. The van der Waals surface area contributed by atoms with Gasteiger partial charge in [0.2, 0.25) is 22.9 Å². The summed E-state index contributed by atoms with van der Waals surface area (Å²) in [5.41, 5.74) is 5.37. The van der Waals surface area contributed by atoms with Crippen molar-refractivity contribution in [3.05, 3.63) is 0 Å². The maximum Gasteiger partial charge on any atom is 0.239 e. The molecular weight excluding hydrogens is 268 g/mol. The van der Waals surface area contributed by atoms with Crippen LogP contribution in [0.2, 0.25) is 0 Å². The number of nitrogens with one attached hydrogen (secondary N) is 2. The topological polar surface area (TPSA) is 117 Å². The third-order valence-corrected chi connectivity index (χ3v) is 3.02. The Bertz CT molecular complexity index is 435. The first-order chi connectivity index (χ1) is 9.02. The predicted octanol–water partition coefficient (Wildman–Crippen LogP) is -0.536. The SMILES string of the molecule is CCCNC(=O)CN(C)C(=O)CSc1n[nH]c(N)n1. The lowest BCUT2D eigenvalue weighted by molar-refractivity contribution is -0.132. The fourth-order valence-corrected chi connectivity index (χ4v) is 1.93. The smallest absolute Gasteiger partial charge is 0.239 e. The van der Waals surface area contributed by atoms with Crippen molar-refractivity contribution >= 4 is 29.5 Å². The molecule has 0 spiro atoms. The summed E-state index contributed by atoms with van der Waals surface area (Å²) in [4.78, 5) is 28.4. The lowest BCUT2D eigenvalue weighted by Gasteiger charge is -2.15. The minimum absolute atomic E-state index is 0.0511. The van der Waals surface area contributed by atoms with Crippen molar-refractivity contribution < 1.29 is 9.59 Å².